The summed E-state index contributed by atoms with van der Waals surface area (Å²) in [6, 6.07) is 7.32. The Morgan fingerprint density at radius 1 is 1.22 bits per heavy atom. The summed E-state index contributed by atoms with van der Waals surface area (Å²) in [5.41, 5.74) is 0.670. The minimum atomic E-state index is 0.670. The molecular weight excluding hydrogens is 226 g/mol. The van der Waals surface area contributed by atoms with Gasteiger partial charge in [-0.2, -0.15) is 0 Å². The van der Waals surface area contributed by atoms with Gasteiger partial charge in [-0.1, -0.05) is 18.6 Å². The lowest BCUT2D eigenvalue weighted by Crippen LogP contribution is -2.31. The van der Waals surface area contributed by atoms with Gasteiger partial charge in [0.2, 0.25) is 0 Å². The van der Waals surface area contributed by atoms with Crippen LogP contribution in [0.2, 0.25) is 0 Å². The van der Waals surface area contributed by atoms with Crippen LogP contribution in [0.25, 0.3) is 0 Å². The molecule has 0 unspecified atom stereocenters. The average Bonchev–Trinajstić information content (AvgIpc) is 2.45. The van der Waals surface area contributed by atoms with Gasteiger partial charge in [0.25, 0.3) is 0 Å². The van der Waals surface area contributed by atoms with Gasteiger partial charge >= 0.3 is 0 Å². The van der Waals surface area contributed by atoms with Gasteiger partial charge < -0.3 is 9.64 Å². The fourth-order valence-electron chi connectivity index (χ4n) is 2.34. The van der Waals surface area contributed by atoms with E-state index in [0.29, 0.717) is 5.56 Å². The Morgan fingerprint density at radius 3 is 2.83 bits per heavy atom. The number of hydrogen-bond donors (Lipinski definition) is 0. The summed E-state index contributed by atoms with van der Waals surface area (Å²) in [7, 11) is 0. The van der Waals surface area contributed by atoms with E-state index in [2.05, 4.69) is 4.90 Å². The Hall–Kier alpha value is -1.35. The molecule has 0 aromatic heterocycles. The Bertz CT molecular complexity index is 373. The third-order valence-corrected chi connectivity index (χ3v) is 3.33. The lowest BCUT2D eigenvalue weighted by Gasteiger charge is -2.26. The number of carbonyl (C=O) groups excluding carboxylic acids is 1. The number of hydrogen-bond acceptors (Lipinski definition) is 3. The maximum atomic E-state index is 10.6. The fourth-order valence-corrected chi connectivity index (χ4v) is 2.34. The highest BCUT2D eigenvalue weighted by molar-refractivity contribution is 5.75. The van der Waals surface area contributed by atoms with Gasteiger partial charge in [0.05, 0.1) is 6.61 Å². The minimum Gasteiger partial charge on any atom is -0.494 e. The molecule has 0 spiro atoms. The van der Waals surface area contributed by atoms with Gasteiger partial charge in [-0.3, -0.25) is 4.79 Å². The molecule has 1 aliphatic rings. The van der Waals surface area contributed by atoms with Crippen molar-refractivity contribution in [1.29, 1.82) is 0 Å². The van der Waals surface area contributed by atoms with Crippen LogP contribution in [0.15, 0.2) is 24.3 Å². The zero-order valence-electron chi connectivity index (χ0n) is 10.8. The SMILES string of the molecule is O=Cc1cccc(OCCCN2CCCCC2)c1. The predicted molar refractivity (Wildman–Crippen MR) is 72.2 cm³/mol. The van der Waals surface area contributed by atoms with Gasteiger partial charge in [0.15, 0.2) is 0 Å². The van der Waals surface area contributed by atoms with Crippen molar-refractivity contribution in [2.45, 2.75) is 25.7 Å². The first kappa shape index (κ1) is 13.1. The molecule has 1 saturated heterocycles. The quantitative estimate of drug-likeness (QED) is 0.572. The van der Waals surface area contributed by atoms with E-state index in [1.165, 1.54) is 32.4 Å². The van der Waals surface area contributed by atoms with Crippen LogP contribution in [0.5, 0.6) is 5.75 Å². The van der Waals surface area contributed by atoms with Crippen molar-refractivity contribution in [2.75, 3.05) is 26.2 Å². The third-order valence-electron chi connectivity index (χ3n) is 3.33. The second kappa shape index (κ2) is 7.17. The largest absolute Gasteiger partial charge is 0.494 e. The second-order valence-electron chi connectivity index (χ2n) is 4.79. The van der Waals surface area contributed by atoms with Crippen molar-refractivity contribution >= 4 is 6.29 Å². The average molecular weight is 247 g/mol. The summed E-state index contributed by atoms with van der Waals surface area (Å²) in [5.74, 6) is 0.790. The van der Waals surface area contributed by atoms with Crippen LogP contribution < -0.4 is 4.74 Å². The van der Waals surface area contributed by atoms with Crippen LogP contribution in [-0.4, -0.2) is 37.4 Å². The molecule has 1 aromatic carbocycles. The van der Waals surface area contributed by atoms with E-state index in [1.807, 2.05) is 12.1 Å². The zero-order valence-corrected chi connectivity index (χ0v) is 10.8. The topological polar surface area (TPSA) is 29.5 Å². The first-order valence-electron chi connectivity index (χ1n) is 6.79. The molecule has 3 nitrogen and oxygen atoms in total. The molecule has 0 N–H and O–H groups in total. The highest BCUT2D eigenvalue weighted by atomic mass is 16.5. The molecule has 0 aliphatic carbocycles. The normalized spacial score (nSPS) is 16.4. The van der Waals surface area contributed by atoms with Gasteiger partial charge in [-0.05, 0) is 44.5 Å². The van der Waals surface area contributed by atoms with Gasteiger partial charge in [-0.25, -0.2) is 0 Å². The summed E-state index contributed by atoms with van der Waals surface area (Å²) in [6.45, 7) is 4.31. The molecule has 18 heavy (non-hydrogen) atoms. The van der Waals surface area contributed by atoms with Crippen molar-refractivity contribution in [2.24, 2.45) is 0 Å². The summed E-state index contributed by atoms with van der Waals surface area (Å²) >= 11 is 0. The zero-order chi connectivity index (χ0) is 12.6. The van der Waals surface area contributed by atoms with Crippen molar-refractivity contribution in [3.63, 3.8) is 0 Å². The van der Waals surface area contributed by atoms with E-state index >= 15 is 0 Å². The van der Waals surface area contributed by atoms with Crippen molar-refractivity contribution < 1.29 is 9.53 Å². The summed E-state index contributed by atoms with van der Waals surface area (Å²) in [5, 5.41) is 0. The highest BCUT2D eigenvalue weighted by Crippen LogP contribution is 2.13. The number of likely N-dealkylation sites (tertiary alicyclic amines) is 1. The molecule has 0 amide bonds. The number of benzene rings is 1. The third kappa shape index (κ3) is 4.15. The van der Waals surface area contributed by atoms with Crippen LogP contribution >= 0.6 is 0 Å². The van der Waals surface area contributed by atoms with E-state index in [0.717, 1.165) is 31.6 Å². The molecule has 3 heteroatoms. The first-order chi connectivity index (χ1) is 8.88. The standard InChI is InChI=1S/C15H21NO2/c17-13-14-6-4-7-15(12-14)18-11-5-10-16-8-2-1-3-9-16/h4,6-7,12-13H,1-3,5,8-11H2. The molecule has 0 saturated carbocycles. The fraction of sp³-hybridized carbons (Fsp3) is 0.533. The number of ether oxygens (including phenoxy) is 1. The molecule has 1 aromatic rings. The molecule has 2 rings (SSSR count). The molecule has 0 bridgehead atoms. The lowest BCUT2D eigenvalue weighted by molar-refractivity contribution is 0.112. The van der Waals surface area contributed by atoms with Crippen molar-refractivity contribution in [3.05, 3.63) is 29.8 Å². The number of aldehydes is 1. The van der Waals surface area contributed by atoms with Crippen LogP contribution in [0.4, 0.5) is 0 Å². The molecule has 0 radical (unpaired) electrons. The maximum absolute atomic E-state index is 10.6. The van der Waals surface area contributed by atoms with E-state index < -0.39 is 0 Å². The van der Waals surface area contributed by atoms with Crippen LogP contribution in [0.3, 0.4) is 0 Å². The predicted octanol–water partition coefficient (Wildman–Crippen LogP) is 2.75. The summed E-state index contributed by atoms with van der Waals surface area (Å²) < 4.78 is 5.65. The highest BCUT2D eigenvalue weighted by Gasteiger charge is 2.08. The van der Waals surface area contributed by atoms with E-state index in [4.69, 9.17) is 4.74 Å². The monoisotopic (exact) mass is 247 g/mol. The van der Waals surface area contributed by atoms with Gasteiger partial charge in [0, 0.05) is 12.1 Å². The Balaban J connectivity index is 1.66. The Kier molecular flexibility index (Phi) is 5.21. The molecule has 0 atom stereocenters. The Morgan fingerprint density at radius 2 is 2.06 bits per heavy atom. The summed E-state index contributed by atoms with van der Waals surface area (Å²) in [4.78, 5) is 13.1. The smallest absolute Gasteiger partial charge is 0.150 e. The molecule has 1 heterocycles. The second-order valence-corrected chi connectivity index (χ2v) is 4.79. The van der Waals surface area contributed by atoms with Crippen LogP contribution in [0, 0.1) is 0 Å². The van der Waals surface area contributed by atoms with Crippen LogP contribution in [-0.2, 0) is 0 Å². The van der Waals surface area contributed by atoms with E-state index in [9.17, 15) is 4.79 Å². The van der Waals surface area contributed by atoms with E-state index in [-0.39, 0.29) is 0 Å². The minimum absolute atomic E-state index is 0.670. The number of nitrogens with zero attached hydrogens (tertiary/aromatic N) is 1. The van der Waals surface area contributed by atoms with Crippen molar-refractivity contribution in [3.8, 4) is 5.75 Å². The first-order valence-corrected chi connectivity index (χ1v) is 6.79. The number of carbonyl (C=O) groups is 1. The Labute approximate surface area is 109 Å². The van der Waals surface area contributed by atoms with Gasteiger partial charge in [0.1, 0.15) is 12.0 Å². The summed E-state index contributed by atoms with van der Waals surface area (Å²) in [6.07, 6.45) is 5.95. The molecule has 1 fully saturated rings. The van der Waals surface area contributed by atoms with Crippen molar-refractivity contribution in [1.82, 2.24) is 4.90 Å². The number of piperidine rings is 1. The van der Waals surface area contributed by atoms with Gasteiger partial charge in [-0.15, -0.1) is 0 Å². The molecular formula is C15H21NO2. The van der Waals surface area contributed by atoms with E-state index in [1.54, 1.807) is 12.1 Å². The number of rotatable bonds is 6. The molecule has 1 aliphatic heterocycles. The lowest BCUT2D eigenvalue weighted by atomic mass is 10.1. The maximum Gasteiger partial charge on any atom is 0.150 e. The molecule has 98 valence electrons. The van der Waals surface area contributed by atoms with Crippen LogP contribution in [0.1, 0.15) is 36.0 Å².